The first-order valence-electron chi connectivity index (χ1n) is 5.03. The minimum Gasteiger partial charge on any atom is -0.362 e. The zero-order valence-corrected chi connectivity index (χ0v) is 9.53. The molecule has 3 heterocycles. The zero-order valence-electron chi connectivity index (χ0n) is 8.71. The Morgan fingerprint density at radius 3 is 3.00 bits per heavy atom. The van der Waals surface area contributed by atoms with E-state index < -0.39 is 5.97 Å². The van der Waals surface area contributed by atoms with E-state index in [0.717, 1.165) is 10.6 Å². The van der Waals surface area contributed by atoms with Gasteiger partial charge in [0, 0.05) is 11.9 Å². The van der Waals surface area contributed by atoms with Crippen LogP contribution in [0.15, 0.2) is 46.6 Å². The highest BCUT2D eigenvalue weighted by atomic mass is 32.1. The lowest BCUT2D eigenvalue weighted by Gasteiger charge is -1.95. The van der Waals surface area contributed by atoms with Crippen LogP contribution in [-0.2, 0) is 9.63 Å². The summed E-state index contributed by atoms with van der Waals surface area (Å²) in [6.45, 7) is 0. The van der Waals surface area contributed by atoms with E-state index in [1.165, 1.54) is 11.3 Å². The van der Waals surface area contributed by atoms with Gasteiger partial charge in [-0.3, -0.25) is 0 Å². The summed E-state index contributed by atoms with van der Waals surface area (Å²) in [7, 11) is 0. The number of H-pyrrole nitrogens is 1. The standard InChI is InChI=1S/C12H8N2O2S/c15-12-9(7-8-3-1-5-13-8)11(14-16-12)10-4-2-6-17-10/h1-7,13H. The minimum atomic E-state index is -0.414. The van der Waals surface area contributed by atoms with Crippen LogP contribution in [0.1, 0.15) is 10.6 Å². The molecule has 4 nitrogen and oxygen atoms in total. The van der Waals surface area contributed by atoms with E-state index in [0.29, 0.717) is 11.3 Å². The third-order valence-electron chi connectivity index (χ3n) is 2.37. The van der Waals surface area contributed by atoms with Gasteiger partial charge in [0.25, 0.3) is 0 Å². The highest BCUT2D eigenvalue weighted by Gasteiger charge is 2.27. The first kappa shape index (κ1) is 10.0. The van der Waals surface area contributed by atoms with Gasteiger partial charge >= 0.3 is 5.97 Å². The van der Waals surface area contributed by atoms with Crippen LogP contribution >= 0.6 is 11.3 Å². The smallest absolute Gasteiger partial charge is 0.362 e. The molecule has 0 bridgehead atoms. The van der Waals surface area contributed by atoms with Crippen molar-refractivity contribution >= 4 is 29.1 Å². The third-order valence-corrected chi connectivity index (χ3v) is 3.25. The number of hydrogen-bond donors (Lipinski definition) is 1. The fourth-order valence-electron chi connectivity index (χ4n) is 1.59. The maximum atomic E-state index is 11.6. The lowest BCUT2D eigenvalue weighted by molar-refractivity contribution is -0.136. The molecule has 0 atom stereocenters. The van der Waals surface area contributed by atoms with Crippen LogP contribution in [0.25, 0.3) is 6.08 Å². The van der Waals surface area contributed by atoms with E-state index in [4.69, 9.17) is 4.84 Å². The molecule has 84 valence electrons. The summed E-state index contributed by atoms with van der Waals surface area (Å²) in [6.07, 6.45) is 3.54. The normalized spacial score (nSPS) is 17.3. The highest BCUT2D eigenvalue weighted by molar-refractivity contribution is 7.12. The van der Waals surface area contributed by atoms with E-state index in [-0.39, 0.29) is 0 Å². The summed E-state index contributed by atoms with van der Waals surface area (Å²) in [6, 6.07) is 7.57. The molecule has 0 amide bonds. The van der Waals surface area contributed by atoms with Gasteiger partial charge in [0.2, 0.25) is 0 Å². The summed E-state index contributed by atoms with van der Waals surface area (Å²) in [5, 5.41) is 5.75. The van der Waals surface area contributed by atoms with Gasteiger partial charge in [-0.05, 0) is 29.7 Å². The maximum absolute atomic E-state index is 11.6. The molecular formula is C12H8N2O2S. The van der Waals surface area contributed by atoms with Gasteiger partial charge in [0.1, 0.15) is 5.71 Å². The molecule has 0 radical (unpaired) electrons. The van der Waals surface area contributed by atoms with E-state index in [9.17, 15) is 4.79 Å². The first-order valence-corrected chi connectivity index (χ1v) is 5.91. The topological polar surface area (TPSA) is 54.4 Å². The van der Waals surface area contributed by atoms with Gasteiger partial charge in [0.15, 0.2) is 0 Å². The van der Waals surface area contributed by atoms with Gasteiger partial charge in [-0.1, -0.05) is 11.2 Å². The summed E-state index contributed by atoms with van der Waals surface area (Å²) in [5.41, 5.74) is 1.93. The molecule has 0 spiro atoms. The van der Waals surface area contributed by atoms with Gasteiger partial charge in [0.05, 0.1) is 10.5 Å². The zero-order chi connectivity index (χ0) is 11.7. The van der Waals surface area contributed by atoms with Crippen LogP contribution < -0.4 is 0 Å². The monoisotopic (exact) mass is 244 g/mol. The molecule has 0 saturated carbocycles. The SMILES string of the molecule is O=C1ON=C(c2cccs2)C1=Cc1ccc[nH]1. The molecule has 3 rings (SSSR count). The second-order valence-electron chi connectivity index (χ2n) is 3.48. The highest BCUT2D eigenvalue weighted by Crippen LogP contribution is 2.22. The van der Waals surface area contributed by atoms with Gasteiger partial charge in [-0.25, -0.2) is 4.79 Å². The third kappa shape index (κ3) is 1.81. The lowest BCUT2D eigenvalue weighted by atomic mass is 10.1. The number of carbonyl (C=O) groups is 1. The largest absolute Gasteiger partial charge is 0.368 e. The summed E-state index contributed by atoms with van der Waals surface area (Å²) in [4.78, 5) is 20.3. The Hall–Kier alpha value is -2.14. The second-order valence-corrected chi connectivity index (χ2v) is 4.43. The average Bonchev–Trinajstić information content (AvgIpc) is 3.03. The number of nitrogens with zero attached hydrogens (tertiary/aromatic N) is 1. The molecule has 2 aromatic heterocycles. The summed E-state index contributed by atoms with van der Waals surface area (Å²) < 4.78 is 0. The van der Waals surface area contributed by atoms with Crippen molar-refractivity contribution < 1.29 is 9.63 Å². The average molecular weight is 244 g/mol. The van der Waals surface area contributed by atoms with Crippen molar-refractivity contribution in [3.05, 3.63) is 52.0 Å². The lowest BCUT2D eigenvalue weighted by Crippen LogP contribution is -2.05. The Morgan fingerprint density at radius 1 is 1.35 bits per heavy atom. The molecule has 1 N–H and O–H groups in total. The number of carbonyl (C=O) groups excluding carboxylic acids is 1. The first-order chi connectivity index (χ1) is 8.34. The van der Waals surface area contributed by atoms with Crippen molar-refractivity contribution in [3.63, 3.8) is 0 Å². The summed E-state index contributed by atoms with van der Waals surface area (Å²) >= 11 is 1.52. The molecule has 17 heavy (non-hydrogen) atoms. The number of nitrogens with one attached hydrogen (secondary N) is 1. The Kier molecular flexibility index (Phi) is 2.38. The number of hydrogen-bond acceptors (Lipinski definition) is 4. The quantitative estimate of drug-likeness (QED) is 0.651. The molecule has 1 aliphatic heterocycles. The molecule has 0 aliphatic carbocycles. The van der Waals surface area contributed by atoms with Crippen molar-refractivity contribution in [2.45, 2.75) is 0 Å². The minimum absolute atomic E-state index is 0.414. The number of oxime groups is 1. The molecule has 0 saturated heterocycles. The molecule has 5 heteroatoms. The Morgan fingerprint density at radius 2 is 2.29 bits per heavy atom. The fraction of sp³-hybridized carbons (Fsp3) is 0. The Bertz CT molecular complexity index is 595. The number of thiophene rings is 1. The predicted octanol–water partition coefficient (Wildman–Crippen LogP) is 2.42. The van der Waals surface area contributed by atoms with Crippen molar-refractivity contribution in [1.82, 2.24) is 4.98 Å². The molecule has 0 aromatic carbocycles. The number of aromatic nitrogens is 1. The van der Waals surface area contributed by atoms with Crippen LogP contribution in [0.2, 0.25) is 0 Å². The van der Waals surface area contributed by atoms with Crippen molar-refractivity contribution in [1.29, 1.82) is 0 Å². The molecule has 2 aromatic rings. The van der Waals surface area contributed by atoms with Crippen LogP contribution in [0.3, 0.4) is 0 Å². The van der Waals surface area contributed by atoms with Crippen LogP contribution in [0, 0.1) is 0 Å². The van der Waals surface area contributed by atoms with Crippen LogP contribution in [0.4, 0.5) is 0 Å². The molecule has 0 unspecified atom stereocenters. The van der Waals surface area contributed by atoms with Crippen molar-refractivity contribution in [2.24, 2.45) is 5.16 Å². The van der Waals surface area contributed by atoms with E-state index >= 15 is 0 Å². The Balaban J connectivity index is 2.03. The molecular weight excluding hydrogens is 236 g/mol. The van der Waals surface area contributed by atoms with E-state index in [1.54, 1.807) is 12.3 Å². The predicted molar refractivity (Wildman–Crippen MR) is 65.7 cm³/mol. The molecule has 0 fully saturated rings. The van der Waals surface area contributed by atoms with E-state index in [2.05, 4.69) is 10.1 Å². The van der Waals surface area contributed by atoms with Crippen molar-refractivity contribution in [2.75, 3.05) is 0 Å². The summed E-state index contributed by atoms with van der Waals surface area (Å²) in [5.74, 6) is -0.414. The van der Waals surface area contributed by atoms with Gasteiger partial charge in [-0.15, -0.1) is 11.3 Å². The fourth-order valence-corrected chi connectivity index (χ4v) is 2.31. The maximum Gasteiger partial charge on any atom is 0.368 e. The molecule has 1 aliphatic rings. The second kappa shape index (κ2) is 4.03. The van der Waals surface area contributed by atoms with Crippen LogP contribution in [0.5, 0.6) is 0 Å². The number of aromatic amines is 1. The Labute approximate surface area is 101 Å². The van der Waals surface area contributed by atoms with E-state index in [1.807, 2.05) is 29.6 Å². The van der Waals surface area contributed by atoms with Gasteiger partial charge < -0.3 is 9.82 Å². The number of rotatable bonds is 2. The van der Waals surface area contributed by atoms with Crippen LogP contribution in [-0.4, -0.2) is 16.7 Å². The van der Waals surface area contributed by atoms with Gasteiger partial charge in [-0.2, -0.15) is 0 Å². The van der Waals surface area contributed by atoms with Crippen molar-refractivity contribution in [3.8, 4) is 0 Å².